The molecule has 0 atom stereocenters. The van der Waals surface area contributed by atoms with Gasteiger partial charge in [0.25, 0.3) is 5.56 Å². The molecule has 0 N–H and O–H groups in total. The Balaban J connectivity index is 1.87. The highest BCUT2D eigenvalue weighted by Gasteiger charge is 2.16. The molecule has 0 unspecified atom stereocenters. The SMILES string of the molecule is CCN(C(=O)Cn1nc(-c2cccs2)ccc1=O)c1cccc(C)c1. The van der Waals surface area contributed by atoms with E-state index in [0.29, 0.717) is 12.2 Å². The number of amides is 1. The van der Waals surface area contributed by atoms with Crippen LogP contribution < -0.4 is 10.5 Å². The summed E-state index contributed by atoms with van der Waals surface area (Å²) >= 11 is 1.55. The monoisotopic (exact) mass is 353 g/mol. The fourth-order valence-electron chi connectivity index (χ4n) is 2.63. The largest absolute Gasteiger partial charge is 0.311 e. The van der Waals surface area contributed by atoms with Crippen LogP contribution in [0.15, 0.2) is 58.7 Å². The third kappa shape index (κ3) is 3.85. The van der Waals surface area contributed by atoms with Crippen molar-refractivity contribution in [1.29, 1.82) is 0 Å². The van der Waals surface area contributed by atoms with Crippen LogP contribution in [0.25, 0.3) is 10.6 Å². The van der Waals surface area contributed by atoms with Gasteiger partial charge < -0.3 is 4.90 Å². The summed E-state index contributed by atoms with van der Waals surface area (Å²) in [6.45, 7) is 4.35. The molecule has 0 radical (unpaired) electrons. The van der Waals surface area contributed by atoms with Crippen molar-refractivity contribution in [2.45, 2.75) is 20.4 Å². The van der Waals surface area contributed by atoms with E-state index < -0.39 is 0 Å². The average molecular weight is 353 g/mol. The van der Waals surface area contributed by atoms with Gasteiger partial charge in [-0.2, -0.15) is 5.10 Å². The van der Waals surface area contributed by atoms with Crippen molar-refractivity contribution in [2.24, 2.45) is 0 Å². The molecule has 0 spiro atoms. The van der Waals surface area contributed by atoms with Gasteiger partial charge >= 0.3 is 0 Å². The first-order valence-corrected chi connectivity index (χ1v) is 8.95. The second-order valence-corrected chi connectivity index (χ2v) is 6.62. The summed E-state index contributed by atoms with van der Waals surface area (Å²) in [7, 11) is 0. The molecule has 1 aromatic carbocycles. The molecule has 2 aromatic heterocycles. The predicted octanol–water partition coefficient (Wildman–Crippen LogP) is 3.33. The number of hydrogen-bond donors (Lipinski definition) is 0. The molecule has 0 fully saturated rings. The van der Waals surface area contributed by atoms with Gasteiger partial charge in [0.15, 0.2) is 0 Å². The highest BCUT2D eigenvalue weighted by molar-refractivity contribution is 7.13. The van der Waals surface area contributed by atoms with E-state index in [1.807, 2.05) is 55.6 Å². The molecule has 0 aliphatic heterocycles. The summed E-state index contributed by atoms with van der Waals surface area (Å²) in [4.78, 5) is 27.5. The number of anilines is 1. The molecule has 0 aliphatic rings. The van der Waals surface area contributed by atoms with Crippen molar-refractivity contribution in [3.8, 4) is 10.6 Å². The third-order valence-electron chi connectivity index (χ3n) is 3.86. The molecule has 6 heteroatoms. The van der Waals surface area contributed by atoms with Crippen molar-refractivity contribution in [3.63, 3.8) is 0 Å². The van der Waals surface area contributed by atoms with Crippen molar-refractivity contribution in [1.82, 2.24) is 9.78 Å². The fourth-order valence-corrected chi connectivity index (χ4v) is 3.32. The van der Waals surface area contributed by atoms with Crippen LogP contribution in [0, 0.1) is 6.92 Å². The van der Waals surface area contributed by atoms with Gasteiger partial charge in [0.05, 0.1) is 4.88 Å². The smallest absolute Gasteiger partial charge is 0.267 e. The molecule has 128 valence electrons. The minimum atomic E-state index is -0.283. The van der Waals surface area contributed by atoms with Crippen LogP contribution in [-0.4, -0.2) is 22.2 Å². The molecule has 25 heavy (non-hydrogen) atoms. The Morgan fingerprint density at radius 3 is 2.72 bits per heavy atom. The standard InChI is InChI=1S/C19H19N3O2S/c1-3-21(15-7-4-6-14(2)12-15)19(24)13-22-18(23)10-9-16(20-22)17-8-5-11-25-17/h4-12H,3,13H2,1-2H3. The zero-order valence-electron chi connectivity index (χ0n) is 14.2. The van der Waals surface area contributed by atoms with Gasteiger partial charge in [-0.3, -0.25) is 9.59 Å². The minimum Gasteiger partial charge on any atom is -0.311 e. The van der Waals surface area contributed by atoms with E-state index in [0.717, 1.165) is 16.1 Å². The van der Waals surface area contributed by atoms with Gasteiger partial charge in [0.1, 0.15) is 12.2 Å². The highest BCUT2D eigenvalue weighted by Crippen LogP contribution is 2.21. The lowest BCUT2D eigenvalue weighted by Crippen LogP contribution is -2.37. The maximum Gasteiger partial charge on any atom is 0.267 e. The lowest BCUT2D eigenvalue weighted by molar-refractivity contribution is -0.119. The Hall–Kier alpha value is -2.73. The Bertz CT molecular complexity index is 932. The summed E-state index contributed by atoms with van der Waals surface area (Å²) in [6.07, 6.45) is 0. The van der Waals surface area contributed by atoms with Gasteiger partial charge in [0.2, 0.25) is 5.91 Å². The summed E-state index contributed by atoms with van der Waals surface area (Å²) < 4.78 is 1.23. The Morgan fingerprint density at radius 1 is 1.20 bits per heavy atom. The van der Waals surface area contributed by atoms with E-state index in [1.165, 1.54) is 10.7 Å². The molecule has 0 saturated heterocycles. The van der Waals surface area contributed by atoms with Crippen LogP contribution in [0.1, 0.15) is 12.5 Å². The van der Waals surface area contributed by atoms with E-state index in [-0.39, 0.29) is 18.0 Å². The Morgan fingerprint density at radius 2 is 2.04 bits per heavy atom. The van der Waals surface area contributed by atoms with Crippen LogP contribution in [0.3, 0.4) is 0 Å². The number of rotatable bonds is 5. The maximum absolute atomic E-state index is 12.7. The summed E-state index contributed by atoms with van der Waals surface area (Å²) in [5.41, 5.74) is 2.32. The molecule has 0 saturated carbocycles. The molecular weight excluding hydrogens is 334 g/mol. The first-order valence-electron chi connectivity index (χ1n) is 8.07. The number of nitrogens with zero attached hydrogens (tertiary/aromatic N) is 3. The molecule has 0 bridgehead atoms. The van der Waals surface area contributed by atoms with Crippen LogP contribution in [0.5, 0.6) is 0 Å². The lowest BCUT2D eigenvalue weighted by Gasteiger charge is -2.21. The summed E-state index contributed by atoms with van der Waals surface area (Å²) in [6, 6.07) is 14.8. The van der Waals surface area contributed by atoms with E-state index in [9.17, 15) is 9.59 Å². The number of aromatic nitrogens is 2. The van der Waals surface area contributed by atoms with Crippen LogP contribution >= 0.6 is 11.3 Å². The number of likely N-dealkylation sites (N-methyl/N-ethyl adjacent to an activating group) is 1. The number of carbonyl (C=O) groups excluding carboxylic acids is 1. The van der Waals surface area contributed by atoms with Gasteiger partial charge in [-0.25, -0.2) is 4.68 Å². The minimum absolute atomic E-state index is 0.0835. The van der Waals surface area contributed by atoms with Crippen LogP contribution in [0.2, 0.25) is 0 Å². The zero-order chi connectivity index (χ0) is 17.8. The van der Waals surface area contributed by atoms with Crippen LogP contribution in [0.4, 0.5) is 5.69 Å². The van der Waals surface area contributed by atoms with Crippen molar-refractivity contribution in [3.05, 3.63) is 69.8 Å². The van der Waals surface area contributed by atoms with E-state index in [1.54, 1.807) is 22.3 Å². The third-order valence-corrected chi connectivity index (χ3v) is 4.75. The van der Waals surface area contributed by atoms with Gasteiger partial charge in [-0.05, 0) is 49.1 Å². The van der Waals surface area contributed by atoms with E-state index >= 15 is 0 Å². The number of carbonyl (C=O) groups is 1. The Kier molecular flexibility index (Phi) is 5.09. The molecule has 3 aromatic rings. The lowest BCUT2D eigenvalue weighted by atomic mass is 10.2. The average Bonchev–Trinajstić information content (AvgIpc) is 3.12. The van der Waals surface area contributed by atoms with Gasteiger partial charge in [-0.1, -0.05) is 18.2 Å². The number of thiophene rings is 1. The van der Waals surface area contributed by atoms with E-state index in [4.69, 9.17) is 0 Å². The molecule has 1 amide bonds. The summed E-state index contributed by atoms with van der Waals surface area (Å²) in [5, 5.41) is 6.30. The first-order chi connectivity index (χ1) is 12.1. The Labute approximate surface area is 150 Å². The predicted molar refractivity (Wildman–Crippen MR) is 101 cm³/mol. The van der Waals surface area contributed by atoms with Crippen molar-refractivity contribution in [2.75, 3.05) is 11.4 Å². The first kappa shape index (κ1) is 17.1. The van der Waals surface area contributed by atoms with Gasteiger partial charge in [-0.15, -0.1) is 11.3 Å². The zero-order valence-corrected chi connectivity index (χ0v) is 15.0. The molecule has 5 nitrogen and oxygen atoms in total. The topological polar surface area (TPSA) is 55.2 Å². The molecule has 2 heterocycles. The van der Waals surface area contributed by atoms with Crippen molar-refractivity contribution < 1.29 is 4.79 Å². The number of aryl methyl sites for hydroxylation is 1. The number of benzene rings is 1. The van der Waals surface area contributed by atoms with Gasteiger partial charge in [0, 0.05) is 18.3 Å². The fraction of sp³-hybridized carbons (Fsp3) is 0.211. The highest BCUT2D eigenvalue weighted by atomic mass is 32.1. The second kappa shape index (κ2) is 7.44. The van der Waals surface area contributed by atoms with Crippen molar-refractivity contribution >= 4 is 22.9 Å². The molecule has 3 rings (SSSR count). The van der Waals surface area contributed by atoms with Crippen LogP contribution in [-0.2, 0) is 11.3 Å². The molecule has 0 aliphatic carbocycles. The normalized spacial score (nSPS) is 10.6. The quantitative estimate of drug-likeness (QED) is 0.707. The molecular formula is C19H19N3O2S. The van der Waals surface area contributed by atoms with E-state index in [2.05, 4.69) is 5.10 Å². The number of hydrogen-bond acceptors (Lipinski definition) is 4. The summed E-state index contributed by atoms with van der Waals surface area (Å²) in [5.74, 6) is -0.161. The second-order valence-electron chi connectivity index (χ2n) is 5.67. The maximum atomic E-state index is 12.7.